The number of nitrogens with zero attached hydrogens (tertiary/aromatic N) is 1. The molecule has 5 heteroatoms. The summed E-state index contributed by atoms with van der Waals surface area (Å²) in [7, 11) is 0. The summed E-state index contributed by atoms with van der Waals surface area (Å²) in [5.74, 6) is 0. The predicted molar refractivity (Wildman–Crippen MR) is 66.6 cm³/mol. The van der Waals surface area contributed by atoms with Gasteiger partial charge in [0, 0.05) is 11.0 Å². The Morgan fingerprint density at radius 3 is 3.08 bits per heavy atom. The van der Waals surface area contributed by atoms with Gasteiger partial charge < -0.3 is 5.43 Å². The Hall–Kier alpha value is -0.140. The summed E-state index contributed by atoms with van der Waals surface area (Å²) >= 11 is 5.32. The van der Waals surface area contributed by atoms with Crippen molar-refractivity contribution in [1.82, 2.24) is 10.9 Å². The van der Waals surface area contributed by atoms with Crippen LogP contribution in [0.3, 0.4) is 0 Å². The topological polar surface area (TPSA) is 36.4 Å². The fourth-order valence-electron chi connectivity index (χ4n) is 0.870. The van der Waals surface area contributed by atoms with E-state index in [2.05, 4.69) is 42.1 Å². The average molecular weight is 354 g/mol. The summed E-state index contributed by atoms with van der Waals surface area (Å²) in [4.78, 5) is 0. The van der Waals surface area contributed by atoms with E-state index in [1.807, 2.05) is 35.0 Å². The molecule has 0 aliphatic carbocycles. The van der Waals surface area contributed by atoms with Crippen LogP contribution in [-0.4, -0.2) is 6.34 Å². The maximum absolute atomic E-state index is 3.75. The van der Waals surface area contributed by atoms with E-state index < -0.39 is 0 Å². The Bertz CT molecular complexity index is 290. The van der Waals surface area contributed by atoms with Crippen LogP contribution in [0.5, 0.6) is 0 Å². The molecule has 1 aromatic rings. The maximum atomic E-state index is 3.75. The van der Waals surface area contributed by atoms with Gasteiger partial charge in [-0.15, -0.1) is 0 Å². The first-order valence-electron chi connectivity index (χ1n) is 3.68. The summed E-state index contributed by atoms with van der Waals surface area (Å²) in [6.07, 6.45) is 1.60. The van der Waals surface area contributed by atoms with Crippen LogP contribution in [-0.2, 0) is 6.54 Å². The van der Waals surface area contributed by atoms with E-state index in [0.29, 0.717) is 0 Å². The van der Waals surface area contributed by atoms with Gasteiger partial charge in [0.15, 0.2) is 0 Å². The lowest BCUT2D eigenvalue weighted by atomic mass is 10.2. The summed E-state index contributed by atoms with van der Waals surface area (Å²) < 4.78 is 4.84. The molecule has 0 unspecified atom stereocenters. The maximum Gasteiger partial charge on any atom is 0.109 e. The number of halogens is 2. The lowest BCUT2D eigenvalue weighted by Crippen LogP contribution is -2.29. The highest BCUT2D eigenvalue weighted by Crippen LogP contribution is 2.10. The van der Waals surface area contributed by atoms with Gasteiger partial charge >= 0.3 is 0 Å². The lowest BCUT2D eigenvalue weighted by Gasteiger charge is -2.03. The third-order valence-corrected chi connectivity index (χ3v) is 2.17. The van der Waals surface area contributed by atoms with Crippen LogP contribution in [0.2, 0.25) is 0 Å². The molecule has 0 bridgehead atoms. The van der Waals surface area contributed by atoms with Gasteiger partial charge in [0.1, 0.15) is 6.34 Å². The highest BCUT2D eigenvalue weighted by Gasteiger charge is 1.91. The van der Waals surface area contributed by atoms with Gasteiger partial charge in [-0.2, -0.15) is 0 Å². The van der Waals surface area contributed by atoms with E-state index >= 15 is 0 Å². The van der Waals surface area contributed by atoms with Crippen molar-refractivity contribution >= 4 is 45.1 Å². The molecule has 1 aromatic carbocycles. The predicted octanol–water partition coefficient (Wildman–Crippen LogP) is 2.42. The van der Waals surface area contributed by atoms with E-state index in [9.17, 15) is 0 Å². The van der Waals surface area contributed by atoms with E-state index in [4.69, 9.17) is 0 Å². The Morgan fingerprint density at radius 2 is 2.38 bits per heavy atom. The number of hydrazine groups is 1. The van der Waals surface area contributed by atoms with E-state index in [1.54, 1.807) is 6.34 Å². The zero-order chi connectivity index (χ0) is 9.52. The summed E-state index contributed by atoms with van der Waals surface area (Å²) in [6.45, 7) is 0.766. The Morgan fingerprint density at radius 1 is 1.54 bits per heavy atom. The van der Waals surface area contributed by atoms with Crippen LogP contribution in [0.15, 0.2) is 31.9 Å². The van der Waals surface area contributed by atoms with Crippen LogP contribution in [0.4, 0.5) is 0 Å². The van der Waals surface area contributed by atoms with Crippen LogP contribution >= 0.6 is 38.8 Å². The molecule has 0 amide bonds. The standard InChI is InChI=1S/C8H9BrIN3/c9-8-3-1-2-7(4-8)5-12-13-6-11-10/h1-4,6,12H,5H2,(H,11,13). The Labute approximate surface area is 99.6 Å². The second-order valence-corrected chi connectivity index (χ2v) is 3.83. The van der Waals surface area contributed by atoms with Crippen molar-refractivity contribution in [3.8, 4) is 0 Å². The molecular weight excluding hydrogens is 345 g/mol. The lowest BCUT2D eigenvalue weighted by molar-refractivity contribution is 0.662. The molecule has 0 heterocycles. The van der Waals surface area contributed by atoms with Gasteiger partial charge in [-0.25, -0.2) is 8.63 Å². The number of benzene rings is 1. The SMILES string of the molecule is Brc1cccc(CNNC=NI)c1. The molecule has 0 aromatic heterocycles. The molecule has 0 saturated carbocycles. The largest absolute Gasteiger partial charge is 0.311 e. The fourth-order valence-corrected chi connectivity index (χ4v) is 1.46. The van der Waals surface area contributed by atoms with Gasteiger partial charge in [0.25, 0.3) is 0 Å². The minimum absolute atomic E-state index is 0.766. The molecule has 70 valence electrons. The molecule has 13 heavy (non-hydrogen) atoms. The molecule has 0 aliphatic heterocycles. The summed E-state index contributed by atoms with van der Waals surface area (Å²) in [5.41, 5.74) is 7.06. The third-order valence-electron chi connectivity index (χ3n) is 1.40. The first-order valence-corrected chi connectivity index (χ1v) is 5.44. The van der Waals surface area contributed by atoms with Crippen molar-refractivity contribution < 1.29 is 0 Å². The molecule has 0 radical (unpaired) electrons. The zero-order valence-corrected chi connectivity index (χ0v) is 10.5. The molecule has 0 spiro atoms. The number of rotatable bonds is 4. The van der Waals surface area contributed by atoms with Gasteiger partial charge in [0.05, 0.1) is 22.9 Å². The van der Waals surface area contributed by atoms with Crippen LogP contribution in [0.1, 0.15) is 5.56 Å². The minimum Gasteiger partial charge on any atom is -0.311 e. The quantitative estimate of drug-likeness (QED) is 0.287. The van der Waals surface area contributed by atoms with Crippen LogP contribution in [0.25, 0.3) is 0 Å². The van der Waals surface area contributed by atoms with Gasteiger partial charge in [0.2, 0.25) is 0 Å². The molecular formula is C8H9BrIN3. The van der Waals surface area contributed by atoms with Gasteiger partial charge in [-0.1, -0.05) is 28.1 Å². The van der Waals surface area contributed by atoms with Crippen LogP contribution in [0, 0.1) is 0 Å². The molecule has 2 N–H and O–H groups in total. The minimum atomic E-state index is 0.766. The number of hydrogen-bond acceptors (Lipinski definition) is 2. The highest BCUT2D eigenvalue weighted by atomic mass is 127. The molecule has 1 rings (SSSR count). The molecule has 0 saturated heterocycles. The third kappa shape index (κ3) is 4.58. The van der Waals surface area contributed by atoms with Crippen LogP contribution < -0.4 is 10.9 Å². The van der Waals surface area contributed by atoms with E-state index in [0.717, 1.165) is 11.0 Å². The monoisotopic (exact) mass is 353 g/mol. The van der Waals surface area contributed by atoms with Gasteiger partial charge in [-0.3, -0.25) is 0 Å². The van der Waals surface area contributed by atoms with Crippen molar-refractivity contribution in [2.24, 2.45) is 3.21 Å². The zero-order valence-electron chi connectivity index (χ0n) is 6.80. The van der Waals surface area contributed by atoms with Crippen molar-refractivity contribution in [2.45, 2.75) is 6.54 Å². The normalized spacial score (nSPS) is 10.6. The summed E-state index contributed by atoms with van der Waals surface area (Å²) in [5, 5.41) is 0. The van der Waals surface area contributed by atoms with Crippen molar-refractivity contribution in [2.75, 3.05) is 0 Å². The van der Waals surface area contributed by atoms with Crippen molar-refractivity contribution in [1.29, 1.82) is 0 Å². The van der Waals surface area contributed by atoms with Crippen molar-refractivity contribution in [3.63, 3.8) is 0 Å². The summed E-state index contributed by atoms with van der Waals surface area (Å²) in [6, 6.07) is 8.13. The number of nitrogens with one attached hydrogen (secondary N) is 2. The second kappa shape index (κ2) is 6.33. The fraction of sp³-hybridized carbons (Fsp3) is 0.125. The molecule has 0 atom stereocenters. The first kappa shape index (κ1) is 10.9. The smallest absolute Gasteiger partial charge is 0.109 e. The molecule has 3 nitrogen and oxygen atoms in total. The Balaban J connectivity index is 2.36. The van der Waals surface area contributed by atoms with E-state index in [-0.39, 0.29) is 0 Å². The second-order valence-electron chi connectivity index (χ2n) is 2.35. The average Bonchev–Trinajstić information content (AvgIpc) is 2.13. The Kier molecular flexibility index (Phi) is 5.33. The van der Waals surface area contributed by atoms with Crippen molar-refractivity contribution in [3.05, 3.63) is 34.3 Å². The van der Waals surface area contributed by atoms with E-state index in [1.165, 1.54) is 5.56 Å². The number of hydrogen-bond donors (Lipinski definition) is 2. The first-order chi connectivity index (χ1) is 6.33. The molecule has 0 fully saturated rings. The van der Waals surface area contributed by atoms with Gasteiger partial charge in [-0.05, 0) is 17.7 Å². The highest BCUT2D eigenvalue weighted by molar-refractivity contribution is 14.1. The molecule has 0 aliphatic rings.